The fraction of sp³-hybridized carbons (Fsp3) is 0.143. The van der Waals surface area contributed by atoms with E-state index in [1.54, 1.807) is 0 Å². The Morgan fingerprint density at radius 3 is 2.44 bits per heavy atom. The van der Waals surface area contributed by atoms with Crippen LogP contribution in [0, 0.1) is 0 Å². The zero-order valence-corrected chi connectivity index (χ0v) is 6.66. The van der Waals surface area contributed by atoms with Gasteiger partial charge in [0.25, 0.3) is 0 Å². The molecule has 0 unspecified atom stereocenters. The van der Waals surface area contributed by atoms with E-state index in [-0.39, 0.29) is 9.52 Å². The lowest BCUT2D eigenvalue weighted by Gasteiger charge is -1.92. The third-order valence-corrected chi connectivity index (χ3v) is 2.52. The van der Waals surface area contributed by atoms with Crippen LogP contribution in [0.15, 0.2) is 30.3 Å². The third kappa shape index (κ3) is 1.99. The number of aliphatic hydroxyl groups excluding tert-OH is 1. The van der Waals surface area contributed by atoms with E-state index in [1.807, 2.05) is 18.2 Å². The lowest BCUT2D eigenvalue weighted by Crippen LogP contribution is -2.16. The average Bonchev–Trinajstić information content (AvgIpc) is 1.91. The highest BCUT2D eigenvalue weighted by molar-refractivity contribution is 6.53. The summed E-state index contributed by atoms with van der Waals surface area (Å²) in [5.74, 6) is 0. The van der Waals surface area contributed by atoms with Gasteiger partial charge >= 0.3 is 0 Å². The smallest absolute Gasteiger partial charge is 0.0845 e. The van der Waals surface area contributed by atoms with Crippen LogP contribution < -0.4 is 5.19 Å². The first-order valence-electron chi connectivity index (χ1n) is 3.08. The average molecular weight is 138 g/mol. The number of hydrogen-bond acceptors (Lipinski definition) is 1. The molecule has 1 aromatic carbocycles. The molecule has 48 valence electrons. The number of aliphatic hydroxyl groups is 1. The minimum absolute atomic E-state index is 0.345. The van der Waals surface area contributed by atoms with Crippen molar-refractivity contribution < 1.29 is 5.11 Å². The van der Waals surface area contributed by atoms with Crippen molar-refractivity contribution in [2.45, 2.75) is 0 Å². The van der Waals surface area contributed by atoms with Crippen molar-refractivity contribution in [2.75, 3.05) is 6.23 Å². The van der Waals surface area contributed by atoms with Crippen LogP contribution in [0.1, 0.15) is 0 Å². The Kier molecular flexibility index (Phi) is 2.48. The van der Waals surface area contributed by atoms with Crippen LogP contribution in [0.5, 0.6) is 0 Å². The molecule has 1 N–H and O–H groups in total. The Labute approximate surface area is 57.2 Å². The van der Waals surface area contributed by atoms with Gasteiger partial charge in [-0.3, -0.25) is 0 Å². The van der Waals surface area contributed by atoms with E-state index in [2.05, 4.69) is 12.1 Å². The van der Waals surface area contributed by atoms with Crippen molar-refractivity contribution in [3.63, 3.8) is 0 Å². The van der Waals surface area contributed by atoms with Crippen LogP contribution in [0.25, 0.3) is 0 Å². The summed E-state index contributed by atoms with van der Waals surface area (Å²) in [7, 11) is -0.345. The molecule has 9 heavy (non-hydrogen) atoms. The summed E-state index contributed by atoms with van der Waals surface area (Å²) in [6.45, 7) is 0. The van der Waals surface area contributed by atoms with Gasteiger partial charge in [-0.1, -0.05) is 35.5 Å². The molecule has 1 nitrogen and oxygen atoms in total. The quantitative estimate of drug-likeness (QED) is 0.543. The molecule has 2 heteroatoms. The molecule has 0 saturated carbocycles. The monoisotopic (exact) mass is 138 g/mol. The van der Waals surface area contributed by atoms with Crippen molar-refractivity contribution in [1.82, 2.24) is 0 Å². The molecular formula is C7H10OSi. The molecular weight excluding hydrogens is 128 g/mol. The summed E-state index contributed by atoms with van der Waals surface area (Å²) < 4.78 is 0. The van der Waals surface area contributed by atoms with Crippen LogP contribution in [-0.4, -0.2) is 20.9 Å². The molecule has 0 amide bonds. The van der Waals surface area contributed by atoms with Crippen LogP contribution in [0.3, 0.4) is 0 Å². The molecule has 0 saturated heterocycles. The predicted octanol–water partition coefficient (Wildman–Crippen LogP) is -0.570. The van der Waals surface area contributed by atoms with Crippen LogP contribution in [-0.2, 0) is 0 Å². The van der Waals surface area contributed by atoms with Crippen molar-refractivity contribution in [2.24, 2.45) is 0 Å². The van der Waals surface area contributed by atoms with E-state index < -0.39 is 0 Å². The lowest BCUT2D eigenvalue weighted by atomic mass is 10.4. The molecule has 0 spiro atoms. The zero-order valence-electron chi connectivity index (χ0n) is 5.25. The summed E-state index contributed by atoms with van der Waals surface area (Å²) in [5.41, 5.74) is 0. The maximum atomic E-state index is 8.58. The predicted molar refractivity (Wildman–Crippen MR) is 41.7 cm³/mol. The van der Waals surface area contributed by atoms with Gasteiger partial charge in [0.2, 0.25) is 0 Å². The van der Waals surface area contributed by atoms with Crippen molar-refractivity contribution in [1.29, 1.82) is 0 Å². The molecule has 0 aliphatic heterocycles. The van der Waals surface area contributed by atoms with Crippen molar-refractivity contribution >= 4 is 14.7 Å². The Hall–Kier alpha value is -0.603. The van der Waals surface area contributed by atoms with E-state index in [4.69, 9.17) is 5.11 Å². The molecule has 0 aliphatic carbocycles. The highest BCUT2D eigenvalue weighted by Gasteiger charge is 1.86. The van der Waals surface area contributed by atoms with Crippen LogP contribution >= 0.6 is 0 Å². The molecule has 0 fully saturated rings. The molecule has 0 aromatic heterocycles. The zero-order chi connectivity index (χ0) is 6.53. The molecule has 0 atom stereocenters. The minimum Gasteiger partial charge on any atom is -0.400 e. The van der Waals surface area contributed by atoms with E-state index in [0.29, 0.717) is 6.23 Å². The summed E-state index contributed by atoms with van der Waals surface area (Å²) in [6, 6.07) is 10.2. The fourth-order valence-corrected chi connectivity index (χ4v) is 1.64. The Balaban J connectivity index is 2.61. The van der Waals surface area contributed by atoms with Gasteiger partial charge in [-0.05, 0) is 0 Å². The fourth-order valence-electron chi connectivity index (χ4n) is 0.774. The summed E-state index contributed by atoms with van der Waals surface area (Å²) >= 11 is 0. The van der Waals surface area contributed by atoms with Crippen molar-refractivity contribution in [3.05, 3.63) is 30.3 Å². The van der Waals surface area contributed by atoms with Gasteiger partial charge in [0.15, 0.2) is 0 Å². The van der Waals surface area contributed by atoms with E-state index in [0.717, 1.165) is 0 Å². The number of benzene rings is 1. The number of rotatable bonds is 2. The van der Waals surface area contributed by atoms with Gasteiger partial charge < -0.3 is 5.11 Å². The summed E-state index contributed by atoms with van der Waals surface area (Å²) in [5, 5.41) is 9.91. The Morgan fingerprint density at radius 1 is 1.22 bits per heavy atom. The van der Waals surface area contributed by atoms with Gasteiger partial charge in [-0.2, -0.15) is 0 Å². The van der Waals surface area contributed by atoms with E-state index >= 15 is 0 Å². The lowest BCUT2D eigenvalue weighted by molar-refractivity contribution is 0.367. The maximum absolute atomic E-state index is 8.58. The molecule has 1 rings (SSSR count). The Morgan fingerprint density at radius 2 is 1.89 bits per heavy atom. The van der Waals surface area contributed by atoms with Crippen LogP contribution in [0.4, 0.5) is 0 Å². The summed E-state index contributed by atoms with van der Waals surface area (Å²) in [4.78, 5) is 0. The first-order valence-corrected chi connectivity index (χ1v) is 4.79. The minimum atomic E-state index is -0.345. The second kappa shape index (κ2) is 3.43. The normalized spacial score (nSPS) is 10.8. The highest BCUT2D eigenvalue weighted by atomic mass is 28.2. The van der Waals surface area contributed by atoms with Gasteiger partial charge in [-0.15, -0.1) is 0 Å². The molecule has 1 aromatic rings. The van der Waals surface area contributed by atoms with E-state index in [1.165, 1.54) is 5.19 Å². The molecule has 0 radical (unpaired) electrons. The van der Waals surface area contributed by atoms with Crippen molar-refractivity contribution in [3.8, 4) is 0 Å². The maximum Gasteiger partial charge on any atom is 0.0845 e. The van der Waals surface area contributed by atoms with Crippen LogP contribution in [0.2, 0.25) is 0 Å². The second-order valence-electron chi connectivity index (χ2n) is 1.96. The summed E-state index contributed by atoms with van der Waals surface area (Å²) in [6.07, 6.45) is 0.379. The second-order valence-corrected chi connectivity index (χ2v) is 3.72. The number of hydrogen-bond donors (Lipinski definition) is 1. The molecule has 0 heterocycles. The van der Waals surface area contributed by atoms with Gasteiger partial charge in [-0.25, -0.2) is 0 Å². The first kappa shape index (κ1) is 6.52. The van der Waals surface area contributed by atoms with E-state index in [9.17, 15) is 0 Å². The third-order valence-electron chi connectivity index (χ3n) is 1.24. The topological polar surface area (TPSA) is 20.2 Å². The SMILES string of the molecule is OC[SiH2]c1ccccc1. The standard InChI is InChI=1S/C7H10OSi/c8-6-9-7-4-2-1-3-5-7/h1-5,8H,6,9H2. The molecule has 0 bridgehead atoms. The highest BCUT2D eigenvalue weighted by Crippen LogP contribution is 1.79. The molecule has 0 aliphatic rings. The first-order chi connectivity index (χ1) is 4.43. The van der Waals surface area contributed by atoms with Gasteiger partial charge in [0, 0.05) is 6.23 Å². The Bertz CT molecular complexity index is 162. The van der Waals surface area contributed by atoms with Gasteiger partial charge in [0.1, 0.15) is 0 Å². The van der Waals surface area contributed by atoms with Gasteiger partial charge in [0.05, 0.1) is 9.52 Å². The largest absolute Gasteiger partial charge is 0.400 e.